The van der Waals surface area contributed by atoms with Gasteiger partial charge in [-0.3, -0.25) is 0 Å². The molecule has 0 unspecified atom stereocenters. The Balaban J connectivity index is 0. The van der Waals surface area contributed by atoms with Gasteiger partial charge in [0.2, 0.25) is 0 Å². The smallest absolute Gasteiger partial charge is 0.792 e. The van der Waals surface area contributed by atoms with Crippen LogP contribution < -0.4 is 29.6 Å². The Morgan fingerprint density at radius 3 is 1.09 bits per heavy atom. The van der Waals surface area contributed by atoms with Gasteiger partial charge in [-0.25, -0.2) is 0 Å². The Labute approximate surface area is 147 Å². The molecule has 0 radical (unpaired) electrons. The van der Waals surface area contributed by atoms with E-state index in [1.54, 1.807) is 0 Å². The molecule has 15 heteroatoms. The molecule has 0 N–H and O–H groups in total. The van der Waals surface area contributed by atoms with Crippen LogP contribution in [0.5, 0.6) is 0 Å². The molecular weight excluding hydrogens is 398 g/mol. The van der Waals surface area contributed by atoms with Crippen LogP contribution in [-0.4, -0.2) is 41.5 Å². The molecular formula is C8H4F13NaS. The molecule has 0 saturated heterocycles. The summed E-state index contributed by atoms with van der Waals surface area (Å²) in [6, 6.07) is 0. The molecule has 134 valence electrons. The van der Waals surface area contributed by atoms with Crippen molar-refractivity contribution in [2.24, 2.45) is 0 Å². The fraction of sp³-hybridized carbons (Fsp3) is 1.00. The van der Waals surface area contributed by atoms with Gasteiger partial charge in [-0.15, -0.1) is 0 Å². The van der Waals surface area contributed by atoms with Crippen LogP contribution >= 0.6 is 0 Å². The van der Waals surface area contributed by atoms with Gasteiger partial charge in [-0.2, -0.15) is 62.8 Å². The molecule has 0 nitrogen and oxygen atoms in total. The number of alkyl halides is 13. The van der Waals surface area contributed by atoms with Crippen LogP contribution in [0.1, 0.15) is 6.42 Å². The van der Waals surface area contributed by atoms with Crippen molar-refractivity contribution < 1.29 is 86.6 Å². The van der Waals surface area contributed by atoms with Crippen molar-refractivity contribution in [3.05, 3.63) is 0 Å². The molecule has 0 aliphatic carbocycles. The number of hydrogen-bond acceptors (Lipinski definition) is 1. The third-order valence-corrected chi connectivity index (χ3v) is 2.62. The van der Waals surface area contributed by atoms with Gasteiger partial charge < -0.3 is 12.6 Å². The zero-order valence-corrected chi connectivity index (χ0v) is 13.6. The largest absolute Gasteiger partial charge is 1.00 e. The summed E-state index contributed by atoms with van der Waals surface area (Å²) in [5, 5.41) is 0. The average Bonchev–Trinajstić information content (AvgIpc) is 2.26. The van der Waals surface area contributed by atoms with Gasteiger partial charge in [0, 0.05) is 0 Å². The molecule has 0 aromatic heterocycles. The van der Waals surface area contributed by atoms with E-state index >= 15 is 0 Å². The van der Waals surface area contributed by atoms with E-state index in [0.717, 1.165) is 0 Å². The van der Waals surface area contributed by atoms with E-state index in [0.29, 0.717) is 0 Å². The second kappa shape index (κ2) is 6.98. The van der Waals surface area contributed by atoms with E-state index in [1.165, 1.54) is 0 Å². The molecule has 23 heavy (non-hydrogen) atoms. The Morgan fingerprint density at radius 1 is 0.522 bits per heavy atom. The van der Waals surface area contributed by atoms with E-state index in [4.69, 9.17) is 0 Å². The monoisotopic (exact) mass is 402 g/mol. The van der Waals surface area contributed by atoms with Gasteiger partial charge >= 0.3 is 65.3 Å². The quantitative estimate of drug-likeness (QED) is 0.370. The van der Waals surface area contributed by atoms with Crippen LogP contribution in [0.3, 0.4) is 0 Å². The minimum absolute atomic E-state index is 0. The molecule has 0 rings (SSSR count). The minimum Gasteiger partial charge on any atom is -0.792 e. The zero-order chi connectivity index (χ0) is 18.4. The zero-order valence-electron chi connectivity index (χ0n) is 10.7. The normalized spacial score (nSPS) is 15.4. The SMILES string of the molecule is FC(F)(F)C(F)(F)C(F)(F)C(F)(F)C(F)(F)C(F)(F)CC[S-].[Na+]. The molecule has 0 aromatic rings. The van der Waals surface area contributed by atoms with E-state index < -0.39 is 48.0 Å². The molecule has 0 spiro atoms. The van der Waals surface area contributed by atoms with Crippen LogP contribution in [0, 0.1) is 0 Å². The first-order valence-corrected chi connectivity index (χ1v) is 5.43. The van der Waals surface area contributed by atoms with E-state index in [-0.39, 0.29) is 29.6 Å². The second-order valence-electron chi connectivity index (χ2n) is 3.95. The third kappa shape index (κ3) is 3.84. The van der Waals surface area contributed by atoms with E-state index in [1.807, 2.05) is 0 Å². The molecule has 0 heterocycles. The van der Waals surface area contributed by atoms with Gasteiger partial charge in [0.1, 0.15) is 0 Å². The van der Waals surface area contributed by atoms with Crippen LogP contribution in [0.15, 0.2) is 0 Å². The molecule has 0 aliphatic heterocycles. The van der Waals surface area contributed by atoms with Crippen molar-refractivity contribution >= 4 is 12.6 Å². The Hall–Kier alpha value is 0.440. The Morgan fingerprint density at radius 2 is 0.826 bits per heavy atom. The van der Waals surface area contributed by atoms with Gasteiger partial charge in [-0.05, 0) is 6.42 Å². The summed E-state index contributed by atoms with van der Waals surface area (Å²) in [6.07, 6.45) is -9.71. The number of hydrogen-bond donors (Lipinski definition) is 0. The van der Waals surface area contributed by atoms with Crippen LogP contribution in [0.2, 0.25) is 0 Å². The Kier molecular flexibility index (Phi) is 7.79. The van der Waals surface area contributed by atoms with Gasteiger partial charge in [-0.1, -0.05) is 0 Å². The topological polar surface area (TPSA) is 0 Å². The maximum Gasteiger partial charge on any atom is 1.00 e. The summed E-state index contributed by atoms with van der Waals surface area (Å²) in [5.41, 5.74) is 0. The summed E-state index contributed by atoms with van der Waals surface area (Å²) in [6.45, 7) is 0. The average molecular weight is 402 g/mol. The molecule has 0 atom stereocenters. The van der Waals surface area contributed by atoms with Gasteiger partial charge in [0.25, 0.3) is 0 Å². The van der Waals surface area contributed by atoms with E-state index in [2.05, 4.69) is 12.6 Å². The van der Waals surface area contributed by atoms with Crippen LogP contribution in [0.25, 0.3) is 0 Å². The molecule has 0 saturated carbocycles. The summed E-state index contributed by atoms with van der Waals surface area (Å²) < 4.78 is 162. The maximum absolute atomic E-state index is 12.9. The first-order chi connectivity index (χ1) is 9.31. The third-order valence-electron chi connectivity index (χ3n) is 2.41. The van der Waals surface area contributed by atoms with Crippen LogP contribution in [0.4, 0.5) is 57.1 Å². The molecule has 0 fully saturated rings. The van der Waals surface area contributed by atoms with Crippen molar-refractivity contribution in [3.8, 4) is 0 Å². The fourth-order valence-corrected chi connectivity index (χ4v) is 1.34. The predicted molar refractivity (Wildman–Crippen MR) is 47.6 cm³/mol. The Bertz CT molecular complexity index is 401. The first kappa shape index (κ1) is 25.7. The summed E-state index contributed by atoms with van der Waals surface area (Å²) in [5.74, 6) is -37.9. The van der Waals surface area contributed by atoms with Gasteiger partial charge in [0.15, 0.2) is 0 Å². The van der Waals surface area contributed by atoms with Crippen LogP contribution in [-0.2, 0) is 12.6 Å². The summed E-state index contributed by atoms with van der Waals surface area (Å²) in [7, 11) is 0. The van der Waals surface area contributed by atoms with Crippen molar-refractivity contribution in [2.45, 2.75) is 42.2 Å². The fourth-order valence-electron chi connectivity index (χ4n) is 1.09. The predicted octanol–water partition coefficient (Wildman–Crippen LogP) is 1.67. The standard InChI is InChI=1S/C8H5F13S.Na/c9-3(10,1-2-22)4(11,12)5(13,14)6(15,16)7(17,18)8(19,20)21;/h22H,1-2H2;/q;+1/p-1. The first-order valence-electron chi connectivity index (χ1n) is 4.85. The molecule has 0 amide bonds. The maximum atomic E-state index is 12.9. The van der Waals surface area contributed by atoms with Crippen molar-refractivity contribution in [3.63, 3.8) is 0 Å². The van der Waals surface area contributed by atoms with Gasteiger partial charge in [0.05, 0.1) is 0 Å². The summed E-state index contributed by atoms with van der Waals surface area (Å²) in [4.78, 5) is 0. The minimum atomic E-state index is -7.84. The molecule has 0 aliphatic rings. The number of rotatable bonds is 6. The second-order valence-corrected chi connectivity index (χ2v) is 4.36. The van der Waals surface area contributed by atoms with E-state index in [9.17, 15) is 57.1 Å². The van der Waals surface area contributed by atoms with Crippen molar-refractivity contribution in [1.82, 2.24) is 0 Å². The molecule has 0 bridgehead atoms. The van der Waals surface area contributed by atoms with Crippen molar-refractivity contribution in [2.75, 3.05) is 5.75 Å². The summed E-state index contributed by atoms with van der Waals surface area (Å²) >= 11 is 3.74. The van der Waals surface area contributed by atoms with Crippen molar-refractivity contribution in [1.29, 1.82) is 0 Å². The number of halogens is 13. The molecule has 0 aromatic carbocycles.